The topological polar surface area (TPSA) is 66.6 Å². The van der Waals surface area contributed by atoms with Gasteiger partial charge in [0, 0.05) is 13.1 Å². The predicted molar refractivity (Wildman–Crippen MR) is 59.3 cm³/mol. The molecule has 1 heterocycles. The monoisotopic (exact) mass is 214 g/mol. The summed E-state index contributed by atoms with van der Waals surface area (Å²) in [5.41, 5.74) is 5.82. The van der Waals surface area contributed by atoms with Gasteiger partial charge in [-0.15, -0.1) is 0 Å². The second-order valence-electron chi connectivity index (χ2n) is 4.82. The third kappa shape index (κ3) is 3.80. The Balaban J connectivity index is 2.44. The minimum Gasteiger partial charge on any atom is -0.391 e. The maximum Gasteiger partial charge on any atom is 0.239 e. The minimum absolute atomic E-state index is 0.0116. The van der Waals surface area contributed by atoms with E-state index in [4.69, 9.17) is 5.73 Å². The number of amides is 1. The van der Waals surface area contributed by atoms with Crippen molar-refractivity contribution < 1.29 is 9.90 Å². The number of piperidine rings is 1. The van der Waals surface area contributed by atoms with Crippen LogP contribution >= 0.6 is 0 Å². The molecule has 4 nitrogen and oxygen atoms in total. The van der Waals surface area contributed by atoms with Crippen LogP contribution in [-0.4, -0.2) is 41.1 Å². The maximum atomic E-state index is 11.9. The van der Waals surface area contributed by atoms with E-state index in [-0.39, 0.29) is 12.0 Å². The van der Waals surface area contributed by atoms with Crippen LogP contribution < -0.4 is 5.73 Å². The van der Waals surface area contributed by atoms with Crippen molar-refractivity contribution in [3.8, 4) is 0 Å². The Bertz CT molecular complexity index is 219. The van der Waals surface area contributed by atoms with Crippen LogP contribution in [0.15, 0.2) is 0 Å². The minimum atomic E-state index is -0.407. The quantitative estimate of drug-likeness (QED) is 0.712. The molecule has 1 amide bonds. The number of aliphatic hydroxyl groups excluding tert-OH is 1. The van der Waals surface area contributed by atoms with Crippen LogP contribution in [0.1, 0.15) is 33.1 Å². The number of hydrogen-bond acceptors (Lipinski definition) is 3. The second-order valence-corrected chi connectivity index (χ2v) is 4.82. The molecule has 2 atom stereocenters. The highest BCUT2D eigenvalue weighted by atomic mass is 16.3. The first-order valence-electron chi connectivity index (χ1n) is 5.73. The molecule has 15 heavy (non-hydrogen) atoms. The molecule has 1 saturated heterocycles. The zero-order chi connectivity index (χ0) is 11.4. The first-order chi connectivity index (χ1) is 7.00. The lowest BCUT2D eigenvalue weighted by Gasteiger charge is -2.32. The van der Waals surface area contributed by atoms with Gasteiger partial charge in [-0.3, -0.25) is 4.79 Å². The van der Waals surface area contributed by atoms with E-state index in [0.29, 0.717) is 18.9 Å². The van der Waals surface area contributed by atoms with Crippen LogP contribution in [0.4, 0.5) is 0 Å². The van der Waals surface area contributed by atoms with Crippen LogP contribution in [0, 0.1) is 5.92 Å². The van der Waals surface area contributed by atoms with E-state index in [9.17, 15) is 9.90 Å². The number of nitrogens with two attached hydrogens (primary N) is 1. The second kappa shape index (κ2) is 5.47. The number of β-amino-alcohol motifs (C(OH)–C–C–N with tert-alkyl or cyclic N) is 1. The van der Waals surface area contributed by atoms with Gasteiger partial charge in [-0.05, 0) is 25.2 Å². The molecule has 1 rings (SSSR count). The molecule has 0 aromatic carbocycles. The summed E-state index contributed by atoms with van der Waals surface area (Å²) in [7, 11) is 0. The molecule has 3 N–H and O–H groups in total. The van der Waals surface area contributed by atoms with Gasteiger partial charge in [-0.2, -0.15) is 0 Å². The summed E-state index contributed by atoms with van der Waals surface area (Å²) in [6, 6.07) is -0.407. The summed E-state index contributed by atoms with van der Waals surface area (Å²) in [6.07, 6.45) is 2.02. The van der Waals surface area contributed by atoms with Gasteiger partial charge in [-0.1, -0.05) is 13.8 Å². The highest BCUT2D eigenvalue weighted by Gasteiger charge is 2.26. The number of carbonyl (C=O) groups excluding carboxylic acids is 1. The lowest BCUT2D eigenvalue weighted by Crippen LogP contribution is -2.49. The summed E-state index contributed by atoms with van der Waals surface area (Å²) in [6.45, 7) is 5.29. The molecule has 0 spiro atoms. The number of hydrogen-bond donors (Lipinski definition) is 2. The van der Waals surface area contributed by atoms with E-state index in [1.807, 2.05) is 0 Å². The van der Waals surface area contributed by atoms with E-state index >= 15 is 0 Å². The SMILES string of the molecule is CC(C)CC(N)C(=O)N1CCC[C@H](O)C1. The van der Waals surface area contributed by atoms with Crippen LogP contribution in [0.2, 0.25) is 0 Å². The van der Waals surface area contributed by atoms with Crippen molar-refractivity contribution in [3.05, 3.63) is 0 Å². The van der Waals surface area contributed by atoms with Gasteiger partial charge in [-0.25, -0.2) is 0 Å². The third-order valence-corrected chi connectivity index (χ3v) is 2.75. The highest BCUT2D eigenvalue weighted by Crippen LogP contribution is 2.12. The summed E-state index contributed by atoms with van der Waals surface area (Å²) in [5.74, 6) is 0.418. The molecule has 1 fully saturated rings. The molecule has 0 saturated carbocycles. The Morgan fingerprint density at radius 2 is 2.27 bits per heavy atom. The van der Waals surface area contributed by atoms with Crippen molar-refractivity contribution in [2.75, 3.05) is 13.1 Å². The van der Waals surface area contributed by atoms with Crippen molar-refractivity contribution in [2.45, 2.75) is 45.3 Å². The predicted octanol–water partition coefficient (Wildman–Crippen LogP) is 0.343. The van der Waals surface area contributed by atoms with Gasteiger partial charge in [0.2, 0.25) is 5.91 Å². The Morgan fingerprint density at radius 1 is 1.60 bits per heavy atom. The molecule has 0 aliphatic carbocycles. The zero-order valence-corrected chi connectivity index (χ0v) is 9.65. The fourth-order valence-corrected chi connectivity index (χ4v) is 2.00. The number of likely N-dealkylation sites (tertiary alicyclic amines) is 1. The van der Waals surface area contributed by atoms with Gasteiger partial charge in [0.25, 0.3) is 0 Å². The normalized spacial score (nSPS) is 24.3. The van der Waals surface area contributed by atoms with Crippen LogP contribution in [-0.2, 0) is 4.79 Å². The smallest absolute Gasteiger partial charge is 0.239 e. The Hall–Kier alpha value is -0.610. The van der Waals surface area contributed by atoms with E-state index in [0.717, 1.165) is 19.4 Å². The highest BCUT2D eigenvalue weighted by molar-refractivity contribution is 5.81. The van der Waals surface area contributed by atoms with Gasteiger partial charge in [0.15, 0.2) is 0 Å². The van der Waals surface area contributed by atoms with Crippen molar-refractivity contribution in [2.24, 2.45) is 11.7 Å². The molecule has 4 heteroatoms. The van der Waals surface area contributed by atoms with E-state index in [2.05, 4.69) is 13.8 Å². The fraction of sp³-hybridized carbons (Fsp3) is 0.909. The third-order valence-electron chi connectivity index (χ3n) is 2.75. The molecule has 0 radical (unpaired) electrons. The number of nitrogens with zero attached hydrogens (tertiary/aromatic N) is 1. The summed E-state index contributed by atoms with van der Waals surface area (Å²) in [5, 5.41) is 9.46. The van der Waals surface area contributed by atoms with Crippen molar-refractivity contribution in [1.82, 2.24) is 4.90 Å². The summed E-state index contributed by atoms with van der Waals surface area (Å²) < 4.78 is 0. The van der Waals surface area contributed by atoms with Gasteiger partial charge < -0.3 is 15.7 Å². The molecule has 0 bridgehead atoms. The van der Waals surface area contributed by atoms with Crippen molar-refractivity contribution >= 4 is 5.91 Å². The first kappa shape index (κ1) is 12.5. The molecule has 1 unspecified atom stereocenters. The number of rotatable bonds is 3. The van der Waals surface area contributed by atoms with E-state index in [1.165, 1.54) is 0 Å². The fourth-order valence-electron chi connectivity index (χ4n) is 2.00. The molecule has 0 aromatic heterocycles. The lowest BCUT2D eigenvalue weighted by molar-refractivity contribution is -0.136. The average molecular weight is 214 g/mol. The van der Waals surface area contributed by atoms with Crippen molar-refractivity contribution in [3.63, 3.8) is 0 Å². The summed E-state index contributed by atoms with van der Waals surface area (Å²) in [4.78, 5) is 13.6. The Kier molecular flexibility index (Phi) is 4.54. The standard InChI is InChI=1S/C11H22N2O2/c1-8(2)6-10(12)11(15)13-5-3-4-9(14)7-13/h8-10,14H,3-7,12H2,1-2H3/t9-,10?/m0/s1. The first-order valence-corrected chi connectivity index (χ1v) is 5.73. The lowest BCUT2D eigenvalue weighted by atomic mass is 10.0. The van der Waals surface area contributed by atoms with Crippen molar-refractivity contribution in [1.29, 1.82) is 0 Å². The largest absolute Gasteiger partial charge is 0.391 e. The Morgan fingerprint density at radius 3 is 2.80 bits per heavy atom. The Labute approximate surface area is 91.4 Å². The van der Waals surface area contributed by atoms with E-state index in [1.54, 1.807) is 4.90 Å². The zero-order valence-electron chi connectivity index (χ0n) is 9.65. The maximum absolute atomic E-state index is 11.9. The van der Waals surface area contributed by atoms with Gasteiger partial charge in [0.1, 0.15) is 0 Å². The molecule has 1 aliphatic heterocycles. The molecular weight excluding hydrogens is 192 g/mol. The number of aliphatic hydroxyl groups is 1. The number of carbonyl (C=O) groups is 1. The van der Waals surface area contributed by atoms with Gasteiger partial charge in [0.05, 0.1) is 12.1 Å². The molecule has 0 aromatic rings. The van der Waals surface area contributed by atoms with Crippen LogP contribution in [0.5, 0.6) is 0 Å². The molecule has 1 aliphatic rings. The van der Waals surface area contributed by atoms with Crippen LogP contribution in [0.25, 0.3) is 0 Å². The molecular formula is C11H22N2O2. The summed E-state index contributed by atoms with van der Waals surface area (Å²) >= 11 is 0. The molecule has 88 valence electrons. The average Bonchev–Trinajstić information content (AvgIpc) is 2.15. The van der Waals surface area contributed by atoms with E-state index < -0.39 is 6.04 Å². The van der Waals surface area contributed by atoms with Gasteiger partial charge >= 0.3 is 0 Å². The van der Waals surface area contributed by atoms with Crippen LogP contribution in [0.3, 0.4) is 0 Å².